The van der Waals surface area contributed by atoms with Gasteiger partial charge in [0.05, 0.1) is 0 Å². The van der Waals surface area contributed by atoms with Crippen LogP contribution in [0.4, 0.5) is 0 Å². The van der Waals surface area contributed by atoms with E-state index in [2.05, 4.69) is 6.92 Å². The van der Waals surface area contributed by atoms with Crippen molar-refractivity contribution in [1.29, 1.82) is 0 Å². The molecule has 0 saturated carbocycles. The second-order valence-electron chi connectivity index (χ2n) is 4.15. The first kappa shape index (κ1) is 16.1. The van der Waals surface area contributed by atoms with Crippen LogP contribution in [-0.2, 0) is 8.85 Å². The molecule has 0 amide bonds. The van der Waals surface area contributed by atoms with E-state index in [4.69, 9.17) is 14.6 Å². The number of nitrogens with two attached hydrogens (primary N) is 1. The minimum atomic E-state index is -1.61. The van der Waals surface area contributed by atoms with Crippen molar-refractivity contribution in [3.05, 3.63) is 0 Å². The fourth-order valence-electron chi connectivity index (χ4n) is 1.74. The van der Waals surface area contributed by atoms with E-state index in [0.717, 1.165) is 19.6 Å². The number of unbranched alkanes of at least 4 members (excludes halogenated alkanes) is 4. The van der Waals surface area contributed by atoms with Gasteiger partial charge in [0.1, 0.15) is 0 Å². The first-order valence-corrected chi connectivity index (χ1v) is 8.35. The van der Waals surface area contributed by atoms with E-state index in [9.17, 15) is 0 Å². The molecule has 1 atom stereocenters. The summed E-state index contributed by atoms with van der Waals surface area (Å²) in [4.78, 5) is 0. The summed E-state index contributed by atoms with van der Waals surface area (Å²) in [5.74, 6) is 0. The van der Waals surface area contributed by atoms with Gasteiger partial charge in [0.15, 0.2) is 0 Å². The van der Waals surface area contributed by atoms with Gasteiger partial charge in [-0.05, 0) is 20.3 Å². The normalized spacial score (nSPS) is 13.3. The molecule has 0 aromatic rings. The lowest BCUT2D eigenvalue weighted by atomic mass is 10.1. The number of hydrogen-bond donors (Lipinski definition) is 1. The van der Waals surface area contributed by atoms with Crippen LogP contribution < -0.4 is 5.73 Å². The maximum atomic E-state index is 6.12. The highest BCUT2D eigenvalue weighted by Crippen LogP contribution is 2.09. The molecule has 0 radical (unpaired) electrons. The molecule has 0 spiro atoms. The molecular weight excluding hydrogens is 218 g/mol. The van der Waals surface area contributed by atoms with E-state index < -0.39 is 9.28 Å². The van der Waals surface area contributed by atoms with Crippen molar-refractivity contribution < 1.29 is 8.85 Å². The molecule has 0 saturated heterocycles. The second kappa shape index (κ2) is 11.6. The van der Waals surface area contributed by atoms with Crippen molar-refractivity contribution in [2.45, 2.75) is 65.0 Å². The standard InChI is InChI=1S/C12H29NO2Si/c1-4-7-8-9-10-11-12(13)16(14-5-2)15-6-3/h12,16H,4-11,13H2,1-3H3. The predicted octanol–water partition coefficient (Wildman–Crippen LogP) is 2.51. The van der Waals surface area contributed by atoms with E-state index in [0.29, 0.717) is 0 Å². The SMILES string of the molecule is CCCCCCCC(N)[SiH](OCC)OCC. The molecule has 98 valence electrons. The summed E-state index contributed by atoms with van der Waals surface area (Å²) in [5, 5.41) is 0. The van der Waals surface area contributed by atoms with Crippen LogP contribution in [0.3, 0.4) is 0 Å². The van der Waals surface area contributed by atoms with Gasteiger partial charge in [0.2, 0.25) is 0 Å². The first-order valence-electron chi connectivity index (χ1n) is 6.74. The Kier molecular flexibility index (Phi) is 11.6. The van der Waals surface area contributed by atoms with Crippen molar-refractivity contribution in [3.8, 4) is 0 Å². The highest BCUT2D eigenvalue weighted by molar-refractivity contribution is 6.46. The third kappa shape index (κ3) is 8.27. The smallest absolute Gasteiger partial charge is 0.338 e. The largest absolute Gasteiger partial charge is 0.396 e. The lowest BCUT2D eigenvalue weighted by Crippen LogP contribution is -2.43. The van der Waals surface area contributed by atoms with Gasteiger partial charge in [0.25, 0.3) is 0 Å². The summed E-state index contributed by atoms with van der Waals surface area (Å²) in [5.41, 5.74) is 6.27. The first-order chi connectivity index (χ1) is 7.76. The van der Waals surface area contributed by atoms with Crippen molar-refractivity contribution >= 4 is 9.28 Å². The lowest BCUT2D eigenvalue weighted by molar-refractivity contribution is 0.203. The minimum Gasteiger partial charge on any atom is -0.396 e. The van der Waals surface area contributed by atoms with Crippen molar-refractivity contribution in [3.63, 3.8) is 0 Å². The average molecular weight is 247 g/mol. The maximum absolute atomic E-state index is 6.12. The molecule has 0 aliphatic carbocycles. The topological polar surface area (TPSA) is 44.5 Å². The molecule has 0 aromatic carbocycles. The second-order valence-corrected chi connectivity index (χ2v) is 6.41. The fraction of sp³-hybridized carbons (Fsp3) is 1.00. The van der Waals surface area contributed by atoms with Crippen molar-refractivity contribution in [1.82, 2.24) is 0 Å². The quantitative estimate of drug-likeness (QED) is 0.451. The van der Waals surface area contributed by atoms with Crippen LogP contribution in [0.1, 0.15) is 59.3 Å². The molecule has 0 aliphatic rings. The van der Waals surface area contributed by atoms with Gasteiger partial charge in [-0.3, -0.25) is 0 Å². The Morgan fingerprint density at radius 2 is 1.50 bits per heavy atom. The summed E-state index contributed by atoms with van der Waals surface area (Å²) < 4.78 is 11.2. The molecule has 2 N–H and O–H groups in total. The van der Waals surface area contributed by atoms with Gasteiger partial charge >= 0.3 is 9.28 Å². The zero-order chi connectivity index (χ0) is 12.2. The van der Waals surface area contributed by atoms with Crippen LogP contribution in [0.25, 0.3) is 0 Å². The summed E-state index contributed by atoms with van der Waals surface area (Å²) in [6, 6.07) is 0. The minimum absolute atomic E-state index is 0.154. The van der Waals surface area contributed by atoms with Gasteiger partial charge in [-0.15, -0.1) is 0 Å². The molecule has 0 heterocycles. The van der Waals surface area contributed by atoms with Crippen molar-refractivity contribution in [2.24, 2.45) is 5.73 Å². The van der Waals surface area contributed by atoms with Crippen LogP contribution in [0.5, 0.6) is 0 Å². The molecule has 0 rings (SSSR count). The van der Waals surface area contributed by atoms with Gasteiger partial charge in [0, 0.05) is 18.9 Å². The third-order valence-electron chi connectivity index (χ3n) is 2.65. The highest BCUT2D eigenvalue weighted by atomic mass is 28.3. The van der Waals surface area contributed by atoms with E-state index in [1.807, 2.05) is 13.8 Å². The summed E-state index contributed by atoms with van der Waals surface area (Å²) in [6.07, 6.45) is 7.53. The van der Waals surface area contributed by atoms with Gasteiger partial charge < -0.3 is 14.6 Å². The zero-order valence-corrected chi connectivity index (χ0v) is 12.4. The molecule has 1 unspecified atom stereocenters. The monoisotopic (exact) mass is 247 g/mol. The molecule has 16 heavy (non-hydrogen) atoms. The van der Waals surface area contributed by atoms with Crippen LogP contribution in [0.2, 0.25) is 0 Å². The van der Waals surface area contributed by atoms with Crippen LogP contribution in [0, 0.1) is 0 Å². The van der Waals surface area contributed by atoms with Crippen LogP contribution in [0.15, 0.2) is 0 Å². The Morgan fingerprint density at radius 1 is 0.938 bits per heavy atom. The van der Waals surface area contributed by atoms with Crippen LogP contribution >= 0.6 is 0 Å². The van der Waals surface area contributed by atoms with Gasteiger partial charge in [-0.1, -0.05) is 39.0 Å². The molecular formula is C12H29NO2Si. The Bertz CT molecular complexity index is 141. The third-order valence-corrected chi connectivity index (χ3v) is 5.01. The Balaban J connectivity index is 3.60. The molecule has 0 bridgehead atoms. The molecule has 0 aromatic heterocycles. The van der Waals surface area contributed by atoms with E-state index >= 15 is 0 Å². The van der Waals surface area contributed by atoms with Crippen molar-refractivity contribution in [2.75, 3.05) is 13.2 Å². The number of hydrogen-bond acceptors (Lipinski definition) is 3. The Morgan fingerprint density at radius 3 is 2.00 bits per heavy atom. The van der Waals surface area contributed by atoms with E-state index in [1.54, 1.807) is 0 Å². The van der Waals surface area contributed by atoms with Gasteiger partial charge in [-0.2, -0.15) is 0 Å². The molecule has 0 fully saturated rings. The summed E-state index contributed by atoms with van der Waals surface area (Å²) >= 11 is 0. The molecule has 3 nitrogen and oxygen atoms in total. The van der Waals surface area contributed by atoms with Crippen LogP contribution in [-0.4, -0.2) is 28.2 Å². The molecule has 4 heteroatoms. The highest BCUT2D eigenvalue weighted by Gasteiger charge is 2.21. The predicted molar refractivity (Wildman–Crippen MR) is 71.8 cm³/mol. The van der Waals surface area contributed by atoms with E-state index in [1.165, 1.54) is 32.1 Å². The number of rotatable bonds is 11. The summed E-state index contributed by atoms with van der Waals surface area (Å²) in [7, 11) is -1.61. The maximum Gasteiger partial charge on any atom is 0.338 e. The average Bonchev–Trinajstić information content (AvgIpc) is 2.28. The summed E-state index contributed by atoms with van der Waals surface area (Å²) in [6.45, 7) is 7.69. The van der Waals surface area contributed by atoms with E-state index in [-0.39, 0.29) is 5.67 Å². The Hall–Kier alpha value is 0.0969. The lowest BCUT2D eigenvalue weighted by Gasteiger charge is -2.21. The zero-order valence-electron chi connectivity index (χ0n) is 11.2. The molecule has 0 aliphatic heterocycles. The fourth-order valence-corrected chi connectivity index (χ4v) is 3.50. The Labute approximate surface area is 103 Å². The van der Waals surface area contributed by atoms with Gasteiger partial charge in [-0.25, -0.2) is 0 Å².